The van der Waals surface area contributed by atoms with E-state index in [4.69, 9.17) is 5.11 Å². The van der Waals surface area contributed by atoms with Crippen LogP contribution in [0.1, 0.15) is 12.8 Å². The zero-order valence-electron chi connectivity index (χ0n) is 12.2. The smallest absolute Gasteiger partial charge is 0.303 e. The first-order valence-corrected chi connectivity index (χ1v) is 7.13. The molecule has 0 spiro atoms. The first-order chi connectivity index (χ1) is 11.1. The van der Waals surface area contributed by atoms with Gasteiger partial charge in [0, 0.05) is 12.0 Å². The standard InChI is InChI=1S/C17H14N3O3/c21-15(9-10-16(22)23)18-12-7-5-11(6-8-12)17-19-13-3-1-2-4-14(13)20-17/h1-8H,9-10H2,(H,18,21)(H,22,23). The van der Waals surface area contributed by atoms with Crippen LogP contribution in [0.15, 0.2) is 69.9 Å². The fourth-order valence-electron chi connectivity index (χ4n) is 2.18. The largest absolute Gasteiger partial charge is 0.481 e. The molecule has 6 nitrogen and oxygen atoms in total. The number of para-hydroxylation sites is 2. The number of nitrogens with one attached hydrogen (secondary N) is 1. The van der Waals surface area contributed by atoms with Crippen molar-refractivity contribution in [3.8, 4) is 0 Å². The minimum Gasteiger partial charge on any atom is -0.481 e. The Morgan fingerprint density at radius 2 is 1.57 bits per heavy atom. The summed E-state index contributed by atoms with van der Waals surface area (Å²) in [7, 11) is 0. The van der Waals surface area contributed by atoms with E-state index < -0.39 is 5.97 Å². The first kappa shape index (κ1) is 14.9. The van der Waals surface area contributed by atoms with Crippen LogP contribution in [0.5, 0.6) is 0 Å². The van der Waals surface area contributed by atoms with Crippen molar-refractivity contribution >= 4 is 11.9 Å². The summed E-state index contributed by atoms with van der Waals surface area (Å²) in [6, 6.07) is 8.25. The van der Waals surface area contributed by atoms with Crippen LogP contribution in [-0.4, -0.2) is 17.0 Å². The highest BCUT2D eigenvalue weighted by atomic mass is 16.4. The van der Waals surface area contributed by atoms with Crippen LogP contribution in [0.4, 0.5) is 0 Å². The number of fused-ring (bicyclic) bond motifs is 1. The normalized spacial score (nSPS) is 15.8. The minimum absolute atomic E-state index is 0.0472. The summed E-state index contributed by atoms with van der Waals surface area (Å²) in [6.07, 6.45) is 6.90. The molecule has 1 radical (unpaired) electrons. The number of amides is 1. The second-order valence-electron chi connectivity index (χ2n) is 5.06. The van der Waals surface area contributed by atoms with Crippen molar-refractivity contribution < 1.29 is 14.7 Å². The van der Waals surface area contributed by atoms with Crippen molar-refractivity contribution in [2.45, 2.75) is 12.8 Å². The second-order valence-corrected chi connectivity index (χ2v) is 5.06. The topological polar surface area (TPSA) is 91.1 Å². The molecular formula is C17H14N3O3. The van der Waals surface area contributed by atoms with Crippen molar-refractivity contribution in [2.75, 3.05) is 0 Å². The van der Waals surface area contributed by atoms with Crippen molar-refractivity contribution in [3.05, 3.63) is 76.7 Å². The zero-order valence-corrected chi connectivity index (χ0v) is 12.2. The van der Waals surface area contributed by atoms with Crippen molar-refractivity contribution in [1.82, 2.24) is 5.32 Å². The van der Waals surface area contributed by atoms with E-state index in [-0.39, 0.29) is 18.7 Å². The maximum atomic E-state index is 11.6. The van der Waals surface area contributed by atoms with Gasteiger partial charge in [-0.15, -0.1) is 0 Å². The van der Waals surface area contributed by atoms with Gasteiger partial charge in [-0.25, -0.2) is 9.98 Å². The molecule has 6 heteroatoms. The molecule has 2 aliphatic rings. The number of hydrogen-bond donors (Lipinski definition) is 2. The molecule has 1 amide bonds. The van der Waals surface area contributed by atoms with E-state index in [0.29, 0.717) is 11.9 Å². The van der Waals surface area contributed by atoms with Crippen molar-refractivity contribution in [1.29, 1.82) is 0 Å². The Balaban J connectivity index is 1.67. The van der Waals surface area contributed by atoms with E-state index in [2.05, 4.69) is 15.3 Å². The molecule has 2 N–H and O–H groups in total. The molecule has 0 aromatic heterocycles. The van der Waals surface area contributed by atoms with Gasteiger partial charge < -0.3 is 10.4 Å². The molecule has 115 valence electrons. The van der Waals surface area contributed by atoms with Crippen LogP contribution in [-0.2, 0) is 9.59 Å². The Bertz CT molecular complexity index is 812. The highest BCUT2D eigenvalue weighted by Gasteiger charge is 2.13. The predicted octanol–water partition coefficient (Wildman–Crippen LogP) is 0.790. The number of carbonyl (C=O) groups excluding carboxylic acids is 1. The summed E-state index contributed by atoms with van der Waals surface area (Å²) in [5.74, 6) is -0.679. The molecule has 3 rings (SSSR count). The SMILES string of the molecule is O=C(O)CCC(=O)N[C]1C=CC(=C2N=c3ccccc3=N2)C=C1. The Hall–Kier alpha value is -3.02. The Morgan fingerprint density at radius 3 is 2.13 bits per heavy atom. The molecular weight excluding hydrogens is 294 g/mol. The number of benzene rings is 1. The second kappa shape index (κ2) is 6.39. The van der Waals surface area contributed by atoms with E-state index in [0.717, 1.165) is 16.3 Å². The molecule has 0 fully saturated rings. The summed E-state index contributed by atoms with van der Waals surface area (Å²) < 4.78 is 0. The van der Waals surface area contributed by atoms with E-state index in [9.17, 15) is 9.59 Å². The Morgan fingerprint density at radius 1 is 0.957 bits per heavy atom. The van der Waals surface area contributed by atoms with Gasteiger partial charge in [0.2, 0.25) is 5.91 Å². The lowest BCUT2D eigenvalue weighted by atomic mass is 10.1. The highest BCUT2D eigenvalue weighted by molar-refractivity contribution is 5.82. The van der Waals surface area contributed by atoms with Gasteiger partial charge in [-0.1, -0.05) is 36.4 Å². The zero-order chi connectivity index (χ0) is 16.2. The molecule has 1 aliphatic carbocycles. The summed E-state index contributed by atoms with van der Waals surface area (Å²) in [4.78, 5) is 30.9. The molecule has 1 aromatic rings. The number of rotatable bonds is 4. The number of hydrogen-bond acceptors (Lipinski definition) is 4. The first-order valence-electron chi connectivity index (χ1n) is 7.13. The molecule has 0 atom stereocenters. The van der Waals surface area contributed by atoms with Gasteiger partial charge in [0.25, 0.3) is 0 Å². The third-order valence-electron chi connectivity index (χ3n) is 3.33. The van der Waals surface area contributed by atoms with Gasteiger partial charge >= 0.3 is 5.97 Å². The maximum absolute atomic E-state index is 11.6. The van der Waals surface area contributed by atoms with E-state index in [1.54, 1.807) is 12.2 Å². The van der Waals surface area contributed by atoms with Crippen molar-refractivity contribution in [2.24, 2.45) is 9.98 Å². The van der Waals surface area contributed by atoms with Crippen LogP contribution in [0.3, 0.4) is 0 Å². The van der Waals surface area contributed by atoms with Gasteiger partial charge in [-0.3, -0.25) is 9.59 Å². The van der Waals surface area contributed by atoms with Crippen LogP contribution in [0.2, 0.25) is 0 Å². The minimum atomic E-state index is -0.990. The maximum Gasteiger partial charge on any atom is 0.303 e. The fraction of sp³-hybridized carbons (Fsp3) is 0.118. The van der Waals surface area contributed by atoms with Gasteiger partial charge in [0.05, 0.1) is 17.1 Å². The third kappa shape index (κ3) is 3.60. The Kier molecular flexibility index (Phi) is 4.14. The van der Waals surface area contributed by atoms with Gasteiger partial charge in [-0.05, 0) is 12.1 Å². The summed E-state index contributed by atoms with van der Waals surface area (Å²) in [5, 5.41) is 12.9. The van der Waals surface area contributed by atoms with Crippen LogP contribution >= 0.6 is 0 Å². The lowest BCUT2D eigenvalue weighted by Crippen LogP contribution is -2.27. The number of nitrogens with zero attached hydrogens (tertiary/aromatic N) is 2. The van der Waals surface area contributed by atoms with E-state index in [1.807, 2.05) is 36.4 Å². The molecule has 0 saturated heterocycles. The van der Waals surface area contributed by atoms with Crippen LogP contribution in [0.25, 0.3) is 0 Å². The highest BCUT2D eigenvalue weighted by Crippen LogP contribution is 2.19. The molecule has 1 aliphatic heterocycles. The lowest BCUT2D eigenvalue weighted by molar-refractivity contribution is -0.138. The predicted molar refractivity (Wildman–Crippen MR) is 82.3 cm³/mol. The number of carbonyl (C=O) groups is 2. The number of aliphatic carboxylic acids is 1. The molecule has 0 unspecified atom stereocenters. The molecule has 0 bridgehead atoms. The van der Waals surface area contributed by atoms with Crippen molar-refractivity contribution in [3.63, 3.8) is 0 Å². The molecule has 1 aromatic carbocycles. The summed E-state index contributed by atoms with van der Waals surface area (Å²) in [5.41, 5.74) is 0.852. The summed E-state index contributed by atoms with van der Waals surface area (Å²) in [6.45, 7) is 0. The Labute approximate surface area is 132 Å². The average molecular weight is 308 g/mol. The van der Waals surface area contributed by atoms with Gasteiger partial charge in [0.15, 0.2) is 5.82 Å². The number of allylic oxidation sites excluding steroid dienone is 3. The van der Waals surface area contributed by atoms with E-state index in [1.165, 1.54) is 0 Å². The molecule has 1 heterocycles. The van der Waals surface area contributed by atoms with Gasteiger partial charge in [-0.2, -0.15) is 0 Å². The number of carboxylic acid groups (broad SMARTS) is 1. The van der Waals surface area contributed by atoms with Crippen LogP contribution in [0, 0.1) is 6.04 Å². The van der Waals surface area contributed by atoms with Crippen LogP contribution < -0.4 is 16.0 Å². The third-order valence-corrected chi connectivity index (χ3v) is 3.33. The molecule has 0 saturated carbocycles. The van der Waals surface area contributed by atoms with E-state index >= 15 is 0 Å². The monoisotopic (exact) mass is 308 g/mol. The lowest BCUT2D eigenvalue weighted by Gasteiger charge is -2.13. The molecule has 23 heavy (non-hydrogen) atoms. The quantitative estimate of drug-likeness (QED) is 0.861. The summed E-state index contributed by atoms with van der Waals surface area (Å²) >= 11 is 0. The average Bonchev–Trinajstić information content (AvgIpc) is 2.97. The number of carboxylic acids is 1. The van der Waals surface area contributed by atoms with Gasteiger partial charge in [0.1, 0.15) is 6.04 Å². The fourth-order valence-corrected chi connectivity index (χ4v) is 2.18.